The van der Waals surface area contributed by atoms with Crippen LogP contribution in [0.4, 0.5) is 4.79 Å². The van der Waals surface area contributed by atoms with Crippen molar-refractivity contribution < 1.29 is 9.53 Å². The van der Waals surface area contributed by atoms with E-state index in [1.54, 1.807) is 6.92 Å². The van der Waals surface area contributed by atoms with Crippen molar-refractivity contribution in [3.05, 3.63) is 12.7 Å². The van der Waals surface area contributed by atoms with Crippen molar-refractivity contribution in [2.24, 2.45) is 5.92 Å². The Morgan fingerprint density at radius 1 is 1.44 bits per heavy atom. The molecule has 0 rings (SSSR count). The molecule has 0 aliphatic heterocycles. The maximum Gasteiger partial charge on any atom is 0.407 e. The van der Waals surface area contributed by atoms with Crippen molar-refractivity contribution >= 4 is 6.09 Å². The Balaban J connectivity index is 3.50. The summed E-state index contributed by atoms with van der Waals surface area (Å²) in [5.74, 6) is 0.556. The molecule has 0 aliphatic rings. The third-order valence-electron chi connectivity index (χ3n) is 2.53. The lowest BCUT2D eigenvalue weighted by molar-refractivity contribution is 0.152. The van der Waals surface area contributed by atoms with Gasteiger partial charge < -0.3 is 15.4 Å². The summed E-state index contributed by atoms with van der Waals surface area (Å²) < 4.78 is 4.74. The van der Waals surface area contributed by atoms with E-state index >= 15 is 0 Å². The first-order valence-corrected chi connectivity index (χ1v) is 5.86. The summed E-state index contributed by atoms with van der Waals surface area (Å²) in [7, 11) is 0. The Morgan fingerprint density at radius 2 is 2.12 bits per heavy atom. The zero-order chi connectivity index (χ0) is 12.4. The van der Waals surface area contributed by atoms with Gasteiger partial charge in [-0.15, -0.1) is 6.58 Å². The number of hydrogen-bond acceptors (Lipinski definition) is 3. The van der Waals surface area contributed by atoms with Gasteiger partial charge in [-0.1, -0.05) is 13.0 Å². The molecule has 4 heteroatoms. The van der Waals surface area contributed by atoms with E-state index in [1.807, 2.05) is 6.08 Å². The monoisotopic (exact) mass is 228 g/mol. The summed E-state index contributed by atoms with van der Waals surface area (Å²) in [4.78, 5) is 10.9. The molecule has 4 nitrogen and oxygen atoms in total. The Hall–Kier alpha value is -1.03. The molecule has 1 amide bonds. The Labute approximate surface area is 98.4 Å². The second-order valence-electron chi connectivity index (χ2n) is 3.89. The van der Waals surface area contributed by atoms with Crippen molar-refractivity contribution in [3.8, 4) is 0 Å². The van der Waals surface area contributed by atoms with Gasteiger partial charge in [-0.3, -0.25) is 0 Å². The quantitative estimate of drug-likeness (QED) is 0.493. The lowest BCUT2D eigenvalue weighted by Crippen LogP contribution is -2.38. The van der Waals surface area contributed by atoms with E-state index in [9.17, 15) is 4.79 Å². The predicted octanol–water partition coefficient (Wildman–Crippen LogP) is 1.92. The zero-order valence-electron chi connectivity index (χ0n) is 10.6. The molecule has 0 aromatic heterocycles. The van der Waals surface area contributed by atoms with Gasteiger partial charge in [0.05, 0.1) is 6.61 Å². The SMILES string of the molecule is C=CCC(C)C(C)NCCNC(=O)OCC. The van der Waals surface area contributed by atoms with Crippen LogP contribution in [-0.4, -0.2) is 31.8 Å². The summed E-state index contributed by atoms with van der Waals surface area (Å²) in [5.41, 5.74) is 0. The minimum absolute atomic E-state index is 0.351. The van der Waals surface area contributed by atoms with E-state index in [4.69, 9.17) is 4.74 Å². The number of ether oxygens (including phenoxy) is 1. The van der Waals surface area contributed by atoms with E-state index in [0.29, 0.717) is 25.1 Å². The van der Waals surface area contributed by atoms with Crippen LogP contribution < -0.4 is 10.6 Å². The average molecular weight is 228 g/mol. The highest BCUT2D eigenvalue weighted by atomic mass is 16.5. The second kappa shape index (κ2) is 9.21. The van der Waals surface area contributed by atoms with Crippen LogP contribution in [-0.2, 0) is 4.74 Å². The van der Waals surface area contributed by atoms with Gasteiger partial charge in [0.25, 0.3) is 0 Å². The first-order valence-electron chi connectivity index (χ1n) is 5.86. The first-order chi connectivity index (χ1) is 7.61. The van der Waals surface area contributed by atoms with Crippen molar-refractivity contribution in [1.29, 1.82) is 0 Å². The lowest BCUT2D eigenvalue weighted by Gasteiger charge is -2.20. The molecule has 94 valence electrons. The van der Waals surface area contributed by atoms with E-state index in [2.05, 4.69) is 31.1 Å². The van der Waals surface area contributed by atoms with E-state index in [-0.39, 0.29) is 6.09 Å². The van der Waals surface area contributed by atoms with E-state index < -0.39 is 0 Å². The molecule has 0 saturated heterocycles. The van der Waals surface area contributed by atoms with Gasteiger partial charge in [0, 0.05) is 19.1 Å². The minimum Gasteiger partial charge on any atom is -0.450 e. The van der Waals surface area contributed by atoms with E-state index in [1.165, 1.54) is 0 Å². The maximum atomic E-state index is 10.9. The number of amides is 1. The third kappa shape index (κ3) is 7.29. The van der Waals surface area contributed by atoms with Crippen LogP contribution in [0.1, 0.15) is 27.2 Å². The third-order valence-corrected chi connectivity index (χ3v) is 2.53. The van der Waals surface area contributed by atoms with Crippen molar-refractivity contribution in [2.75, 3.05) is 19.7 Å². The molecular formula is C12H24N2O2. The summed E-state index contributed by atoms with van der Waals surface area (Å²) in [6, 6.07) is 0.419. The van der Waals surface area contributed by atoms with Crippen LogP contribution in [0.2, 0.25) is 0 Å². The van der Waals surface area contributed by atoms with Gasteiger partial charge in [-0.2, -0.15) is 0 Å². The average Bonchev–Trinajstić information content (AvgIpc) is 2.24. The molecule has 16 heavy (non-hydrogen) atoms. The molecule has 0 radical (unpaired) electrons. The highest BCUT2D eigenvalue weighted by Crippen LogP contribution is 2.07. The number of carbonyl (C=O) groups is 1. The number of nitrogens with one attached hydrogen (secondary N) is 2. The molecule has 0 aliphatic carbocycles. The highest BCUT2D eigenvalue weighted by Gasteiger charge is 2.09. The fourth-order valence-electron chi connectivity index (χ4n) is 1.31. The van der Waals surface area contributed by atoms with Gasteiger partial charge in [0.1, 0.15) is 0 Å². The van der Waals surface area contributed by atoms with Gasteiger partial charge in [-0.25, -0.2) is 4.79 Å². The van der Waals surface area contributed by atoms with Crippen LogP contribution in [0.15, 0.2) is 12.7 Å². The predicted molar refractivity (Wildman–Crippen MR) is 66.5 cm³/mol. The summed E-state index contributed by atoms with van der Waals surface area (Å²) in [6.45, 7) is 11.6. The number of carbonyl (C=O) groups excluding carboxylic acids is 1. The Kier molecular flexibility index (Phi) is 8.62. The molecule has 2 unspecified atom stereocenters. The molecule has 0 heterocycles. The Morgan fingerprint density at radius 3 is 2.69 bits per heavy atom. The van der Waals surface area contributed by atoms with Crippen LogP contribution in [0.3, 0.4) is 0 Å². The van der Waals surface area contributed by atoms with Crippen LogP contribution >= 0.6 is 0 Å². The fourth-order valence-corrected chi connectivity index (χ4v) is 1.31. The highest BCUT2D eigenvalue weighted by molar-refractivity contribution is 5.66. The van der Waals surface area contributed by atoms with E-state index in [0.717, 1.165) is 13.0 Å². The zero-order valence-corrected chi connectivity index (χ0v) is 10.6. The molecule has 2 N–H and O–H groups in total. The van der Waals surface area contributed by atoms with Crippen molar-refractivity contribution in [2.45, 2.75) is 33.2 Å². The summed E-state index contributed by atoms with van der Waals surface area (Å²) in [6.07, 6.45) is 2.58. The van der Waals surface area contributed by atoms with Crippen molar-refractivity contribution in [3.63, 3.8) is 0 Å². The number of rotatable bonds is 8. The van der Waals surface area contributed by atoms with Gasteiger partial charge in [0.2, 0.25) is 0 Å². The number of hydrogen-bond donors (Lipinski definition) is 2. The minimum atomic E-state index is -0.351. The van der Waals surface area contributed by atoms with Gasteiger partial charge in [0.15, 0.2) is 0 Å². The maximum absolute atomic E-state index is 10.9. The molecule has 0 aromatic rings. The summed E-state index contributed by atoms with van der Waals surface area (Å²) >= 11 is 0. The topological polar surface area (TPSA) is 50.4 Å². The number of allylic oxidation sites excluding steroid dienone is 1. The normalized spacial score (nSPS) is 13.9. The van der Waals surface area contributed by atoms with Crippen LogP contribution in [0.25, 0.3) is 0 Å². The first kappa shape index (κ1) is 15.0. The molecule has 0 bridgehead atoms. The van der Waals surface area contributed by atoms with Crippen LogP contribution in [0, 0.1) is 5.92 Å². The molecule has 0 aromatic carbocycles. The smallest absolute Gasteiger partial charge is 0.407 e. The molecule has 0 fully saturated rings. The molecular weight excluding hydrogens is 204 g/mol. The van der Waals surface area contributed by atoms with Crippen LogP contribution in [0.5, 0.6) is 0 Å². The molecule has 0 saturated carbocycles. The Bertz CT molecular complexity index is 207. The molecule has 0 spiro atoms. The largest absolute Gasteiger partial charge is 0.450 e. The fraction of sp³-hybridized carbons (Fsp3) is 0.750. The molecule has 2 atom stereocenters. The standard InChI is InChI=1S/C12H24N2O2/c1-5-7-10(3)11(4)13-8-9-14-12(15)16-6-2/h5,10-11,13H,1,6-9H2,2-4H3,(H,14,15). The second-order valence-corrected chi connectivity index (χ2v) is 3.89. The van der Waals surface area contributed by atoms with Gasteiger partial charge in [-0.05, 0) is 26.2 Å². The van der Waals surface area contributed by atoms with Gasteiger partial charge >= 0.3 is 6.09 Å². The lowest BCUT2D eigenvalue weighted by atomic mass is 10.00. The summed E-state index contributed by atoms with van der Waals surface area (Å²) in [5, 5.41) is 6.01. The number of alkyl carbamates (subject to hydrolysis) is 1. The van der Waals surface area contributed by atoms with Crippen molar-refractivity contribution in [1.82, 2.24) is 10.6 Å².